The number of nitro groups is 1. The molecule has 0 radical (unpaired) electrons. The molecule has 0 fully saturated rings. The van der Waals surface area contributed by atoms with Gasteiger partial charge in [0.25, 0.3) is 5.69 Å². The van der Waals surface area contributed by atoms with E-state index in [1.54, 1.807) is 12.1 Å². The van der Waals surface area contributed by atoms with E-state index in [1.165, 1.54) is 28.8 Å². The van der Waals surface area contributed by atoms with Crippen LogP contribution in [0.25, 0.3) is 11.4 Å². The molecule has 154 valence electrons. The highest BCUT2D eigenvalue weighted by atomic mass is 16.6. The summed E-state index contributed by atoms with van der Waals surface area (Å²) in [5.74, 6) is 1.24. The predicted molar refractivity (Wildman–Crippen MR) is 115 cm³/mol. The molecule has 0 amide bonds. The van der Waals surface area contributed by atoms with Gasteiger partial charge in [-0.2, -0.15) is 4.98 Å². The normalized spacial score (nSPS) is 16.1. The van der Waals surface area contributed by atoms with Crippen molar-refractivity contribution in [2.75, 3.05) is 6.54 Å². The molecule has 1 aliphatic heterocycles. The first-order valence-corrected chi connectivity index (χ1v) is 10.1. The molecule has 7 nitrogen and oxygen atoms in total. The Hall–Kier alpha value is -3.84. The van der Waals surface area contributed by atoms with Gasteiger partial charge in [0.15, 0.2) is 0 Å². The van der Waals surface area contributed by atoms with Crippen molar-refractivity contribution in [3.8, 4) is 11.4 Å². The van der Waals surface area contributed by atoms with Crippen LogP contribution < -0.4 is 0 Å². The number of nitrogens with zero attached hydrogens (tertiary/aromatic N) is 4. The predicted octanol–water partition coefficient (Wildman–Crippen LogP) is 4.79. The standard InChI is InChI=1S/C24H20N4O3/c29-28(30)20-12-10-18(11-13-20)24-25-23(31-26-24)16-27-14-19-8-4-5-9-21(19)22(15-27)17-6-2-1-3-7-17/h1-13,22H,14-16H2/t22-/m0/s1. The van der Waals surface area contributed by atoms with E-state index in [0.29, 0.717) is 23.8 Å². The minimum atomic E-state index is -0.428. The summed E-state index contributed by atoms with van der Waals surface area (Å²) in [6, 6.07) is 25.2. The third-order valence-electron chi connectivity index (χ3n) is 5.63. The van der Waals surface area contributed by atoms with Crippen molar-refractivity contribution in [3.05, 3.63) is 112 Å². The van der Waals surface area contributed by atoms with Gasteiger partial charge in [-0.15, -0.1) is 0 Å². The third kappa shape index (κ3) is 3.95. The number of hydrogen-bond acceptors (Lipinski definition) is 6. The number of hydrogen-bond donors (Lipinski definition) is 0. The van der Waals surface area contributed by atoms with Gasteiger partial charge in [-0.25, -0.2) is 0 Å². The van der Waals surface area contributed by atoms with Gasteiger partial charge < -0.3 is 4.52 Å². The van der Waals surface area contributed by atoms with Crippen molar-refractivity contribution in [2.45, 2.75) is 19.0 Å². The van der Waals surface area contributed by atoms with Crippen molar-refractivity contribution in [2.24, 2.45) is 0 Å². The SMILES string of the molecule is O=[N+]([O-])c1ccc(-c2noc(CN3Cc4ccccc4[C@H](c4ccccc4)C3)n2)cc1. The summed E-state index contributed by atoms with van der Waals surface area (Å²) < 4.78 is 5.49. The summed E-state index contributed by atoms with van der Waals surface area (Å²) in [4.78, 5) is 17.2. The molecule has 31 heavy (non-hydrogen) atoms. The Balaban J connectivity index is 1.37. The lowest BCUT2D eigenvalue weighted by atomic mass is 9.85. The van der Waals surface area contributed by atoms with Gasteiger partial charge >= 0.3 is 0 Å². The van der Waals surface area contributed by atoms with Crippen LogP contribution in [0, 0.1) is 10.1 Å². The second-order valence-corrected chi connectivity index (χ2v) is 7.65. The summed E-state index contributed by atoms with van der Waals surface area (Å²) in [5, 5.41) is 14.9. The molecule has 3 aromatic carbocycles. The number of nitro benzene ring substituents is 1. The van der Waals surface area contributed by atoms with Crippen molar-refractivity contribution in [3.63, 3.8) is 0 Å². The monoisotopic (exact) mass is 412 g/mol. The Morgan fingerprint density at radius 1 is 1.00 bits per heavy atom. The first kappa shape index (κ1) is 19.1. The van der Waals surface area contributed by atoms with E-state index in [0.717, 1.165) is 13.1 Å². The second kappa shape index (κ2) is 8.12. The molecule has 4 aromatic rings. The number of aromatic nitrogens is 2. The van der Waals surface area contributed by atoms with E-state index in [4.69, 9.17) is 4.52 Å². The van der Waals surface area contributed by atoms with Crippen LogP contribution in [0.1, 0.15) is 28.5 Å². The first-order chi connectivity index (χ1) is 15.2. The zero-order valence-corrected chi connectivity index (χ0v) is 16.7. The van der Waals surface area contributed by atoms with Gasteiger partial charge in [-0.1, -0.05) is 59.8 Å². The second-order valence-electron chi connectivity index (χ2n) is 7.65. The molecular weight excluding hydrogens is 392 g/mol. The fraction of sp³-hybridized carbons (Fsp3) is 0.167. The van der Waals surface area contributed by atoms with Gasteiger partial charge in [0.1, 0.15) is 0 Å². The molecule has 0 N–H and O–H groups in total. The number of rotatable bonds is 5. The summed E-state index contributed by atoms with van der Waals surface area (Å²) >= 11 is 0. The van der Waals surface area contributed by atoms with Crippen LogP contribution in [0.5, 0.6) is 0 Å². The molecule has 5 rings (SSSR count). The number of fused-ring (bicyclic) bond motifs is 1. The molecular formula is C24H20N4O3. The van der Waals surface area contributed by atoms with Crippen LogP contribution in [-0.4, -0.2) is 26.5 Å². The summed E-state index contributed by atoms with van der Waals surface area (Å²) in [6.45, 7) is 2.21. The van der Waals surface area contributed by atoms with Gasteiger partial charge in [-0.3, -0.25) is 15.0 Å². The smallest absolute Gasteiger partial charge is 0.269 e. The van der Waals surface area contributed by atoms with Gasteiger partial charge in [-0.05, 0) is 28.8 Å². The first-order valence-electron chi connectivity index (χ1n) is 10.1. The van der Waals surface area contributed by atoms with E-state index in [1.807, 2.05) is 6.07 Å². The highest BCUT2D eigenvalue weighted by Crippen LogP contribution is 2.34. The minimum Gasteiger partial charge on any atom is -0.338 e. The van der Waals surface area contributed by atoms with E-state index < -0.39 is 4.92 Å². The maximum Gasteiger partial charge on any atom is 0.269 e. The fourth-order valence-electron chi connectivity index (χ4n) is 4.13. The molecule has 0 saturated heterocycles. The lowest BCUT2D eigenvalue weighted by molar-refractivity contribution is -0.384. The lowest BCUT2D eigenvalue weighted by Gasteiger charge is -2.34. The topological polar surface area (TPSA) is 85.3 Å². The van der Waals surface area contributed by atoms with Crippen LogP contribution in [-0.2, 0) is 13.1 Å². The van der Waals surface area contributed by atoms with Gasteiger partial charge in [0, 0.05) is 36.7 Å². The van der Waals surface area contributed by atoms with Crippen molar-refractivity contribution >= 4 is 5.69 Å². The molecule has 2 heterocycles. The van der Waals surface area contributed by atoms with E-state index in [9.17, 15) is 10.1 Å². The molecule has 1 atom stereocenters. The third-order valence-corrected chi connectivity index (χ3v) is 5.63. The average molecular weight is 412 g/mol. The largest absolute Gasteiger partial charge is 0.338 e. The van der Waals surface area contributed by atoms with Crippen LogP contribution in [0.3, 0.4) is 0 Å². The highest BCUT2D eigenvalue weighted by molar-refractivity contribution is 5.56. The van der Waals surface area contributed by atoms with Gasteiger partial charge in [0.2, 0.25) is 11.7 Å². The molecule has 0 bridgehead atoms. The molecule has 0 unspecified atom stereocenters. The number of benzene rings is 3. The minimum absolute atomic E-state index is 0.0337. The fourth-order valence-corrected chi connectivity index (χ4v) is 4.13. The summed E-state index contributed by atoms with van der Waals surface area (Å²) in [5.41, 5.74) is 4.68. The highest BCUT2D eigenvalue weighted by Gasteiger charge is 2.27. The summed E-state index contributed by atoms with van der Waals surface area (Å²) in [6.07, 6.45) is 0. The number of non-ortho nitro benzene ring substituents is 1. The molecule has 0 saturated carbocycles. The maximum absolute atomic E-state index is 10.8. The summed E-state index contributed by atoms with van der Waals surface area (Å²) in [7, 11) is 0. The van der Waals surface area contributed by atoms with Crippen molar-refractivity contribution < 1.29 is 9.45 Å². The molecule has 1 aromatic heterocycles. The molecule has 7 heteroatoms. The van der Waals surface area contributed by atoms with E-state index in [-0.39, 0.29) is 11.6 Å². The van der Waals surface area contributed by atoms with Crippen LogP contribution in [0.15, 0.2) is 83.4 Å². The zero-order valence-electron chi connectivity index (χ0n) is 16.7. The Morgan fingerprint density at radius 2 is 1.74 bits per heavy atom. The van der Waals surface area contributed by atoms with E-state index in [2.05, 4.69) is 63.6 Å². The van der Waals surface area contributed by atoms with Crippen molar-refractivity contribution in [1.29, 1.82) is 0 Å². The van der Waals surface area contributed by atoms with Crippen LogP contribution in [0.4, 0.5) is 5.69 Å². The Kier molecular flexibility index (Phi) is 5.01. The van der Waals surface area contributed by atoms with Crippen LogP contribution >= 0.6 is 0 Å². The quantitative estimate of drug-likeness (QED) is 0.346. The Labute approximate surface area is 179 Å². The average Bonchev–Trinajstić information content (AvgIpc) is 3.27. The van der Waals surface area contributed by atoms with Crippen molar-refractivity contribution in [1.82, 2.24) is 15.0 Å². The zero-order chi connectivity index (χ0) is 21.2. The maximum atomic E-state index is 10.8. The molecule has 1 aliphatic rings. The molecule has 0 spiro atoms. The Morgan fingerprint density at radius 3 is 2.52 bits per heavy atom. The Bertz CT molecular complexity index is 1200. The molecule has 0 aliphatic carbocycles. The van der Waals surface area contributed by atoms with E-state index >= 15 is 0 Å². The van der Waals surface area contributed by atoms with Gasteiger partial charge in [0.05, 0.1) is 11.5 Å². The lowest BCUT2D eigenvalue weighted by Crippen LogP contribution is -2.33. The van der Waals surface area contributed by atoms with Crippen LogP contribution in [0.2, 0.25) is 0 Å².